The van der Waals surface area contributed by atoms with Gasteiger partial charge in [-0.3, -0.25) is 28.2 Å². The van der Waals surface area contributed by atoms with Gasteiger partial charge in [0.25, 0.3) is 17.9 Å². The van der Waals surface area contributed by atoms with Gasteiger partial charge in [-0.15, -0.1) is 0 Å². The van der Waals surface area contributed by atoms with Gasteiger partial charge in [-0.2, -0.15) is 19.0 Å². The maximum Gasteiger partial charge on any atom is 0.293 e. The molecule has 6 aromatic rings. The van der Waals surface area contributed by atoms with Crippen molar-refractivity contribution in [2.75, 3.05) is 24.2 Å². The maximum atomic E-state index is 15.5. The first-order chi connectivity index (χ1) is 29.4. The average molecular weight is 905 g/mol. The van der Waals surface area contributed by atoms with Crippen LogP contribution in [0.4, 0.5) is 32.2 Å². The highest BCUT2D eigenvalue weighted by Crippen LogP contribution is 2.68. The van der Waals surface area contributed by atoms with Gasteiger partial charge in [0.05, 0.1) is 58.0 Å². The Balaban J connectivity index is 1.23. The van der Waals surface area contributed by atoms with E-state index in [9.17, 15) is 35.6 Å². The standard InChI is InChI=1S/C40H35ClF6N8O6S/c1-53-34-29(6-5-26(41)32(34)37(51-53)52-62(2,58)59)55-38(49-27-15-22(3-4-23(27)39(55)57)61-21-7-9-60-10-8-21)28(13-18-11-19(42)14-20(43)12-18)48-30(56)17-54-35-31(33(50-54)36(44)45)24-16-25(24)40(35,46)47/h3-6,11-12,14-15,21,24-25,28,36H,7-10,13,16-17H2,1-2H3,(H,48,56)(H,51,52)/t24-,25+,28-/m0/s1. The lowest BCUT2D eigenvalue weighted by Crippen LogP contribution is -2.38. The number of hydrogen-bond acceptors (Lipinski definition) is 9. The molecule has 4 heterocycles. The second-order valence-electron chi connectivity index (χ2n) is 15.6. The molecule has 22 heteroatoms. The molecule has 2 fully saturated rings. The summed E-state index contributed by atoms with van der Waals surface area (Å²) in [4.78, 5) is 33.9. The molecule has 1 saturated heterocycles. The summed E-state index contributed by atoms with van der Waals surface area (Å²) in [5.41, 5.74) is -2.49. The molecule has 2 N–H and O–H groups in total. The number of halogens is 7. The molecule has 1 amide bonds. The number of hydrogen-bond donors (Lipinski definition) is 2. The van der Waals surface area contributed by atoms with Crippen molar-refractivity contribution in [1.29, 1.82) is 0 Å². The fraction of sp³-hybridized carbons (Fsp3) is 0.375. The van der Waals surface area contributed by atoms with E-state index in [1.807, 2.05) is 0 Å². The van der Waals surface area contributed by atoms with E-state index in [2.05, 4.69) is 20.2 Å². The molecule has 0 radical (unpaired) electrons. The predicted molar refractivity (Wildman–Crippen MR) is 212 cm³/mol. The molecule has 0 unspecified atom stereocenters. The summed E-state index contributed by atoms with van der Waals surface area (Å²) in [6.07, 6.45) is -1.79. The number of aryl methyl sites for hydroxylation is 1. The van der Waals surface area contributed by atoms with Crippen molar-refractivity contribution in [1.82, 2.24) is 34.4 Å². The van der Waals surface area contributed by atoms with Gasteiger partial charge >= 0.3 is 0 Å². The quantitative estimate of drug-likeness (QED) is 0.129. The summed E-state index contributed by atoms with van der Waals surface area (Å²) in [6.45, 7) is -0.0313. The van der Waals surface area contributed by atoms with E-state index < -0.39 is 87.7 Å². The van der Waals surface area contributed by atoms with Crippen molar-refractivity contribution in [2.24, 2.45) is 13.0 Å². The Kier molecular flexibility index (Phi) is 10.3. The third-order valence-electron chi connectivity index (χ3n) is 11.2. The third-order valence-corrected chi connectivity index (χ3v) is 12.1. The lowest BCUT2D eigenvalue weighted by atomic mass is 10.0. The van der Waals surface area contributed by atoms with E-state index in [4.69, 9.17) is 26.1 Å². The first-order valence-electron chi connectivity index (χ1n) is 19.3. The summed E-state index contributed by atoms with van der Waals surface area (Å²) >= 11 is 6.62. The number of alkyl halides is 4. The van der Waals surface area contributed by atoms with Gasteiger partial charge < -0.3 is 14.8 Å². The topological polar surface area (TPSA) is 164 Å². The van der Waals surface area contributed by atoms with Crippen LogP contribution >= 0.6 is 11.6 Å². The third kappa shape index (κ3) is 7.52. The highest BCUT2D eigenvalue weighted by molar-refractivity contribution is 7.92. The van der Waals surface area contributed by atoms with E-state index >= 15 is 8.78 Å². The van der Waals surface area contributed by atoms with Crippen LogP contribution in [0.15, 0.2) is 53.3 Å². The maximum absolute atomic E-state index is 15.5. The zero-order chi connectivity index (χ0) is 44.0. The monoisotopic (exact) mass is 904 g/mol. The first-order valence-corrected chi connectivity index (χ1v) is 21.6. The molecule has 3 aromatic carbocycles. The van der Waals surface area contributed by atoms with Crippen molar-refractivity contribution in [3.63, 3.8) is 0 Å². The van der Waals surface area contributed by atoms with Crippen LogP contribution in [-0.4, -0.2) is 69.0 Å². The number of carbonyl (C=O) groups excluding carboxylic acids is 1. The van der Waals surface area contributed by atoms with Crippen LogP contribution in [0, 0.1) is 17.6 Å². The Hall–Kier alpha value is -5.67. The van der Waals surface area contributed by atoms with Gasteiger partial charge in [0.1, 0.15) is 47.2 Å². The van der Waals surface area contributed by atoms with Gasteiger partial charge in [-0.25, -0.2) is 31.0 Å². The van der Waals surface area contributed by atoms with E-state index in [1.165, 1.54) is 36.0 Å². The smallest absolute Gasteiger partial charge is 0.293 e. The number of nitrogens with one attached hydrogen (secondary N) is 2. The Morgan fingerprint density at radius 3 is 2.48 bits per heavy atom. The molecule has 3 aliphatic rings. The lowest BCUT2D eigenvalue weighted by molar-refractivity contribution is -0.123. The van der Waals surface area contributed by atoms with Crippen LogP contribution in [0.3, 0.4) is 0 Å². The Morgan fingerprint density at radius 1 is 1.06 bits per heavy atom. The normalized spacial score (nSPS) is 18.9. The molecule has 9 rings (SSSR count). The van der Waals surface area contributed by atoms with Crippen molar-refractivity contribution >= 4 is 55.2 Å². The molecular formula is C40H35ClF6N8O6S. The van der Waals surface area contributed by atoms with Crippen LogP contribution < -0.4 is 20.3 Å². The lowest BCUT2D eigenvalue weighted by Gasteiger charge is -2.25. The summed E-state index contributed by atoms with van der Waals surface area (Å²) < 4.78 is 130. The summed E-state index contributed by atoms with van der Waals surface area (Å²) in [6, 6.07) is 8.43. The molecule has 14 nitrogen and oxygen atoms in total. The number of sulfonamides is 1. The van der Waals surface area contributed by atoms with Crippen LogP contribution in [0.5, 0.6) is 5.75 Å². The molecule has 3 atom stereocenters. The number of anilines is 1. The number of amides is 1. The second kappa shape index (κ2) is 15.3. The molecule has 1 saturated carbocycles. The number of carbonyl (C=O) groups is 1. The highest BCUT2D eigenvalue weighted by Gasteiger charge is 2.67. The molecule has 0 bridgehead atoms. The van der Waals surface area contributed by atoms with E-state index in [0.29, 0.717) is 42.6 Å². The summed E-state index contributed by atoms with van der Waals surface area (Å²) in [5.74, 6) is -8.67. The fourth-order valence-corrected chi connectivity index (χ4v) is 9.36. The summed E-state index contributed by atoms with van der Waals surface area (Å²) in [5, 5.41) is 10.9. The number of fused-ring (bicyclic) bond motifs is 5. The zero-order valence-electron chi connectivity index (χ0n) is 32.6. The molecule has 2 aliphatic carbocycles. The van der Waals surface area contributed by atoms with Crippen LogP contribution in [0.2, 0.25) is 5.02 Å². The molecule has 62 heavy (non-hydrogen) atoms. The van der Waals surface area contributed by atoms with Crippen LogP contribution in [0.1, 0.15) is 66.0 Å². The molecule has 0 spiro atoms. The molecular weight excluding hydrogens is 870 g/mol. The van der Waals surface area contributed by atoms with Crippen molar-refractivity contribution in [3.05, 3.63) is 104 Å². The minimum atomic E-state index is -3.91. The van der Waals surface area contributed by atoms with Crippen LogP contribution in [0.25, 0.3) is 27.5 Å². The van der Waals surface area contributed by atoms with Gasteiger partial charge in [0, 0.05) is 49.9 Å². The number of ether oxygens (including phenoxy) is 2. The minimum Gasteiger partial charge on any atom is -0.490 e. The number of benzene rings is 3. The predicted octanol–water partition coefficient (Wildman–Crippen LogP) is 6.58. The van der Waals surface area contributed by atoms with Crippen molar-refractivity contribution < 1.29 is 49.0 Å². The number of rotatable bonds is 12. The van der Waals surface area contributed by atoms with Gasteiger partial charge in [0.15, 0.2) is 5.82 Å². The number of nitrogens with zero attached hydrogens (tertiary/aromatic N) is 6. The van der Waals surface area contributed by atoms with Gasteiger partial charge in [0.2, 0.25) is 15.9 Å². The molecule has 1 aliphatic heterocycles. The largest absolute Gasteiger partial charge is 0.490 e. The highest BCUT2D eigenvalue weighted by atomic mass is 35.5. The Morgan fingerprint density at radius 2 is 1.79 bits per heavy atom. The Bertz CT molecular complexity index is 2970. The van der Waals surface area contributed by atoms with E-state index in [-0.39, 0.29) is 67.8 Å². The van der Waals surface area contributed by atoms with Gasteiger partial charge in [-0.1, -0.05) is 11.6 Å². The van der Waals surface area contributed by atoms with Crippen LogP contribution in [-0.2, 0) is 45.5 Å². The average Bonchev–Trinajstić information content (AvgIpc) is 3.73. The Labute approximate surface area is 352 Å². The first kappa shape index (κ1) is 41.7. The van der Waals surface area contributed by atoms with Crippen molar-refractivity contribution in [3.8, 4) is 11.4 Å². The van der Waals surface area contributed by atoms with E-state index in [0.717, 1.165) is 23.0 Å². The molecule has 3 aromatic heterocycles. The van der Waals surface area contributed by atoms with Gasteiger partial charge in [-0.05, 0) is 54.3 Å². The minimum absolute atomic E-state index is 0.00267. The second-order valence-corrected chi connectivity index (χ2v) is 17.8. The number of aromatic nitrogens is 6. The summed E-state index contributed by atoms with van der Waals surface area (Å²) in [7, 11) is -2.45. The SMILES string of the molecule is Cn1nc(NS(C)(=O)=O)c2c(Cl)ccc(-n3c([C@H](Cc4cc(F)cc(F)c4)NC(=O)Cn4nc(C(F)F)c5c4C(F)(F)[C@@H]4C[C@H]54)nc4cc(OC5CCOCC5)ccc4c3=O)c21. The fourth-order valence-electron chi connectivity index (χ4n) is 8.62. The van der Waals surface area contributed by atoms with E-state index in [1.54, 1.807) is 6.07 Å². The molecule has 326 valence electrons. The van der Waals surface area contributed by atoms with Crippen molar-refractivity contribution in [2.45, 2.75) is 62.6 Å². The zero-order valence-corrected chi connectivity index (χ0v) is 34.2.